The van der Waals surface area contributed by atoms with Crippen LogP contribution in [-0.2, 0) is 0 Å². The van der Waals surface area contributed by atoms with Crippen molar-refractivity contribution in [2.75, 3.05) is 12.3 Å². The zero-order valence-electron chi connectivity index (χ0n) is 12.5. The van der Waals surface area contributed by atoms with E-state index in [4.69, 9.17) is 10.5 Å². The van der Waals surface area contributed by atoms with E-state index in [1.165, 1.54) is 0 Å². The molecule has 0 aliphatic rings. The third-order valence-electron chi connectivity index (χ3n) is 3.11. The molecule has 3 rings (SSSR count). The third kappa shape index (κ3) is 3.34. The molecular formula is C16H15N5O2. The van der Waals surface area contributed by atoms with E-state index in [9.17, 15) is 4.79 Å². The molecule has 2 heterocycles. The molecule has 0 spiro atoms. The lowest BCUT2D eigenvalue weighted by Gasteiger charge is -2.06. The minimum absolute atomic E-state index is 0.398. The first kappa shape index (κ1) is 14.7. The highest BCUT2D eigenvalue weighted by molar-refractivity contribution is 5.75. The summed E-state index contributed by atoms with van der Waals surface area (Å²) in [6, 6.07) is 10.5. The van der Waals surface area contributed by atoms with Gasteiger partial charge in [0.05, 0.1) is 11.9 Å². The van der Waals surface area contributed by atoms with Crippen molar-refractivity contribution in [2.45, 2.75) is 6.92 Å². The van der Waals surface area contributed by atoms with Crippen LogP contribution in [0.1, 0.15) is 6.92 Å². The number of nitrogens with two attached hydrogens (primary N) is 1. The molecule has 0 bridgehead atoms. The van der Waals surface area contributed by atoms with E-state index >= 15 is 0 Å². The van der Waals surface area contributed by atoms with Gasteiger partial charge in [-0.1, -0.05) is 0 Å². The Morgan fingerprint density at radius 2 is 1.96 bits per heavy atom. The number of aromatic nitrogens is 3. The molecule has 1 aromatic carbocycles. The summed E-state index contributed by atoms with van der Waals surface area (Å²) >= 11 is 0. The molecule has 7 heteroatoms. The molecule has 7 nitrogen and oxygen atoms in total. The molecule has 0 unspecified atom stereocenters. The first-order valence-corrected chi connectivity index (χ1v) is 7.11. The summed E-state index contributed by atoms with van der Waals surface area (Å²) in [5.41, 5.74) is 8.35. The van der Waals surface area contributed by atoms with Crippen molar-refractivity contribution < 1.29 is 9.53 Å². The number of nitrogens with one attached hydrogen (secondary N) is 1. The molecular weight excluding hydrogens is 294 g/mol. The van der Waals surface area contributed by atoms with Gasteiger partial charge in [-0.15, -0.1) is 0 Å². The number of hydrogen-bond donors (Lipinski definition) is 2. The Bertz CT molecular complexity index is 849. The highest BCUT2D eigenvalue weighted by atomic mass is 16.5. The van der Waals surface area contributed by atoms with Crippen molar-refractivity contribution in [3.63, 3.8) is 0 Å². The zero-order valence-corrected chi connectivity index (χ0v) is 12.5. The first-order valence-electron chi connectivity index (χ1n) is 7.11. The number of carbonyl (C=O) groups excluding carboxylic acids is 1. The molecule has 0 atom stereocenters. The Morgan fingerprint density at radius 3 is 2.70 bits per heavy atom. The van der Waals surface area contributed by atoms with Gasteiger partial charge in [0.25, 0.3) is 0 Å². The smallest absolute Gasteiger partial charge is 0.410 e. The van der Waals surface area contributed by atoms with Gasteiger partial charge in [-0.2, -0.15) is 0 Å². The second-order valence-corrected chi connectivity index (χ2v) is 4.78. The van der Waals surface area contributed by atoms with Crippen LogP contribution in [0.5, 0.6) is 5.75 Å². The Morgan fingerprint density at radius 1 is 1.17 bits per heavy atom. The molecule has 23 heavy (non-hydrogen) atoms. The van der Waals surface area contributed by atoms with E-state index < -0.39 is 6.09 Å². The average molecular weight is 309 g/mol. The number of amides is 1. The van der Waals surface area contributed by atoms with Gasteiger partial charge < -0.3 is 15.8 Å². The Hall–Kier alpha value is -3.22. The average Bonchev–Trinajstić information content (AvgIpc) is 2.55. The second kappa shape index (κ2) is 6.27. The summed E-state index contributed by atoms with van der Waals surface area (Å²) < 4.78 is 5.12. The molecule has 3 aromatic rings. The lowest BCUT2D eigenvalue weighted by Crippen LogP contribution is -2.26. The number of nitrogen functional groups attached to an aromatic ring is 1. The number of carbonyl (C=O) groups is 1. The fourth-order valence-corrected chi connectivity index (χ4v) is 2.03. The fraction of sp³-hybridized carbons (Fsp3) is 0.125. The van der Waals surface area contributed by atoms with Gasteiger partial charge in [0.1, 0.15) is 17.1 Å². The van der Waals surface area contributed by atoms with Crippen LogP contribution in [0.15, 0.2) is 42.6 Å². The molecule has 0 fully saturated rings. The van der Waals surface area contributed by atoms with Crippen molar-refractivity contribution in [3.05, 3.63) is 42.6 Å². The van der Waals surface area contributed by atoms with Gasteiger partial charge in [0, 0.05) is 12.1 Å². The van der Waals surface area contributed by atoms with E-state index in [2.05, 4.69) is 20.3 Å². The third-order valence-corrected chi connectivity index (χ3v) is 3.11. The highest BCUT2D eigenvalue weighted by Crippen LogP contribution is 2.22. The van der Waals surface area contributed by atoms with E-state index in [0.29, 0.717) is 35.0 Å². The Labute approximate surface area is 132 Å². The summed E-state index contributed by atoms with van der Waals surface area (Å²) in [5.74, 6) is 0.852. The minimum Gasteiger partial charge on any atom is -0.410 e. The van der Waals surface area contributed by atoms with Crippen LogP contribution in [0.2, 0.25) is 0 Å². The molecule has 3 N–H and O–H groups in total. The number of hydrogen-bond acceptors (Lipinski definition) is 6. The van der Waals surface area contributed by atoms with Gasteiger partial charge in [0.2, 0.25) is 0 Å². The fourth-order valence-electron chi connectivity index (χ4n) is 2.03. The van der Waals surface area contributed by atoms with Crippen LogP contribution in [0, 0.1) is 0 Å². The predicted octanol–water partition coefficient (Wildman–Crippen LogP) is 2.38. The molecule has 0 saturated carbocycles. The van der Waals surface area contributed by atoms with Crippen molar-refractivity contribution in [3.8, 4) is 17.0 Å². The number of benzene rings is 1. The molecule has 1 amide bonds. The number of nitrogens with zero attached hydrogens (tertiary/aromatic N) is 3. The molecule has 0 aliphatic heterocycles. The summed E-state index contributed by atoms with van der Waals surface area (Å²) in [4.78, 5) is 24.3. The van der Waals surface area contributed by atoms with E-state index in [1.54, 1.807) is 42.6 Å². The van der Waals surface area contributed by atoms with E-state index in [1.807, 2.05) is 6.92 Å². The number of ether oxygens (including phenoxy) is 1. The summed E-state index contributed by atoms with van der Waals surface area (Å²) in [6.07, 6.45) is 1.19. The standard InChI is InChI=1S/C16H15N5O2/c1-2-18-16(22)23-11-5-3-10(4-6-11)13-9-19-12-7-8-14(17)21-15(12)20-13/h3-9H,2H2,1H3,(H,18,22)(H2,17,20,21). The highest BCUT2D eigenvalue weighted by Gasteiger charge is 2.06. The van der Waals surface area contributed by atoms with Crippen molar-refractivity contribution in [1.29, 1.82) is 0 Å². The van der Waals surface area contributed by atoms with Gasteiger partial charge in [-0.25, -0.2) is 14.8 Å². The Balaban J connectivity index is 1.85. The quantitative estimate of drug-likeness (QED) is 0.770. The van der Waals surface area contributed by atoms with Crippen molar-refractivity contribution in [2.24, 2.45) is 0 Å². The van der Waals surface area contributed by atoms with Crippen LogP contribution in [0.25, 0.3) is 22.4 Å². The second-order valence-electron chi connectivity index (χ2n) is 4.78. The van der Waals surface area contributed by atoms with Crippen LogP contribution >= 0.6 is 0 Å². The van der Waals surface area contributed by atoms with Crippen LogP contribution < -0.4 is 15.8 Å². The number of pyridine rings is 1. The summed E-state index contributed by atoms with van der Waals surface area (Å²) in [7, 11) is 0. The lowest BCUT2D eigenvalue weighted by molar-refractivity contribution is 0.201. The Kier molecular flexibility index (Phi) is 4.01. The van der Waals surface area contributed by atoms with E-state index in [0.717, 1.165) is 5.56 Å². The number of anilines is 1. The lowest BCUT2D eigenvalue weighted by atomic mass is 10.1. The molecule has 0 aliphatic carbocycles. The number of rotatable bonds is 3. The maximum Gasteiger partial charge on any atom is 0.412 e. The normalized spacial score (nSPS) is 10.5. The van der Waals surface area contributed by atoms with Gasteiger partial charge in [-0.05, 0) is 43.3 Å². The zero-order chi connectivity index (χ0) is 16.2. The van der Waals surface area contributed by atoms with Gasteiger partial charge in [-0.3, -0.25) is 4.98 Å². The molecule has 2 aromatic heterocycles. The predicted molar refractivity (Wildman–Crippen MR) is 86.9 cm³/mol. The number of fused-ring (bicyclic) bond motifs is 1. The van der Waals surface area contributed by atoms with Crippen LogP contribution in [-0.4, -0.2) is 27.6 Å². The van der Waals surface area contributed by atoms with E-state index in [-0.39, 0.29) is 0 Å². The van der Waals surface area contributed by atoms with Gasteiger partial charge >= 0.3 is 6.09 Å². The maximum atomic E-state index is 11.4. The largest absolute Gasteiger partial charge is 0.412 e. The maximum absolute atomic E-state index is 11.4. The van der Waals surface area contributed by atoms with Gasteiger partial charge in [0.15, 0.2) is 5.65 Å². The van der Waals surface area contributed by atoms with Crippen molar-refractivity contribution >= 4 is 23.1 Å². The molecule has 0 radical (unpaired) electrons. The molecule has 116 valence electrons. The first-order chi connectivity index (χ1) is 11.2. The SMILES string of the molecule is CCNC(=O)Oc1ccc(-c2cnc3ccc(N)nc3n2)cc1. The van der Waals surface area contributed by atoms with Crippen LogP contribution in [0.3, 0.4) is 0 Å². The molecule has 0 saturated heterocycles. The topological polar surface area (TPSA) is 103 Å². The van der Waals surface area contributed by atoms with Crippen molar-refractivity contribution in [1.82, 2.24) is 20.3 Å². The summed E-state index contributed by atoms with van der Waals surface area (Å²) in [6.45, 7) is 2.34. The monoisotopic (exact) mass is 309 g/mol. The summed E-state index contributed by atoms with van der Waals surface area (Å²) in [5, 5.41) is 2.56. The van der Waals surface area contributed by atoms with Crippen LogP contribution in [0.4, 0.5) is 10.6 Å². The minimum atomic E-state index is -0.481.